The fourth-order valence-corrected chi connectivity index (χ4v) is 4.09. The Morgan fingerprint density at radius 1 is 1.30 bits per heavy atom. The molecule has 2 aromatic heterocycles. The van der Waals surface area contributed by atoms with Crippen molar-refractivity contribution >= 4 is 11.7 Å². The van der Waals surface area contributed by atoms with E-state index in [4.69, 9.17) is 0 Å². The topological polar surface area (TPSA) is 75.6 Å². The number of aromatic nitrogens is 4. The zero-order valence-corrected chi connectivity index (χ0v) is 17.1. The van der Waals surface area contributed by atoms with Crippen LogP contribution in [0.15, 0.2) is 6.07 Å². The molecule has 0 radical (unpaired) electrons. The van der Waals surface area contributed by atoms with E-state index in [9.17, 15) is 4.79 Å². The summed E-state index contributed by atoms with van der Waals surface area (Å²) in [5, 5.41) is 14.9. The van der Waals surface area contributed by atoms with Gasteiger partial charge in [0.05, 0.1) is 12.1 Å². The minimum absolute atomic E-state index is 0.0407. The Kier molecular flexibility index (Phi) is 6.34. The maximum Gasteiger partial charge on any atom is 0.230 e. The summed E-state index contributed by atoms with van der Waals surface area (Å²) >= 11 is 0. The van der Waals surface area contributed by atoms with Crippen molar-refractivity contribution < 1.29 is 4.79 Å². The number of hydrogen-bond acceptors (Lipinski definition) is 3. The predicted molar refractivity (Wildman–Crippen MR) is 108 cm³/mol. The number of hydrogen-bond donors (Lipinski definition) is 2. The number of carbonyl (C=O) groups excluding carboxylic acids is 1. The summed E-state index contributed by atoms with van der Waals surface area (Å²) in [5.41, 5.74) is 4.15. The van der Waals surface area contributed by atoms with Gasteiger partial charge in [-0.1, -0.05) is 46.0 Å². The maximum atomic E-state index is 12.5. The van der Waals surface area contributed by atoms with Gasteiger partial charge in [0.2, 0.25) is 5.91 Å². The molecule has 0 bridgehead atoms. The van der Waals surface area contributed by atoms with Gasteiger partial charge in [-0.25, -0.2) is 0 Å². The van der Waals surface area contributed by atoms with E-state index in [2.05, 4.69) is 34.5 Å². The Hall–Kier alpha value is -2.11. The summed E-state index contributed by atoms with van der Waals surface area (Å²) in [4.78, 5) is 12.5. The predicted octanol–water partition coefficient (Wildman–Crippen LogP) is 4.18. The molecule has 0 saturated heterocycles. The largest absolute Gasteiger partial charge is 0.309 e. The number of carbonyl (C=O) groups is 1. The minimum Gasteiger partial charge on any atom is -0.309 e. The molecule has 0 aromatic carbocycles. The third kappa shape index (κ3) is 5.21. The van der Waals surface area contributed by atoms with Crippen molar-refractivity contribution in [3.63, 3.8) is 0 Å². The molecule has 1 aliphatic carbocycles. The monoisotopic (exact) mass is 371 g/mol. The number of amides is 1. The van der Waals surface area contributed by atoms with Crippen molar-refractivity contribution in [2.75, 3.05) is 5.32 Å². The first-order valence-corrected chi connectivity index (χ1v) is 10.3. The summed E-state index contributed by atoms with van der Waals surface area (Å²) in [6.07, 6.45) is 8.02. The van der Waals surface area contributed by atoms with Gasteiger partial charge < -0.3 is 5.32 Å². The van der Waals surface area contributed by atoms with Gasteiger partial charge in [0, 0.05) is 29.6 Å². The van der Waals surface area contributed by atoms with Crippen LogP contribution in [0.3, 0.4) is 0 Å². The highest BCUT2D eigenvalue weighted by atomic mass is 16.1. The highest BCUT2D eigenvalue weighted by molar-refractivity contribution is 5.91. The third-order valence-electron chi connectivity index (χ3n) is 5.54. The van der Waals surface area contributed by atoms with Crippen LogP contribution in [0.2, 0.25) is 0 Å². The molecule has 2 heterocycles. The smallest absolute Gasteiger partial charge is 0.230 e. The highest BCUT2D eigenvalue weighted by Gasteiger charge is 2.18. The Morgan fingerprint density at radius 3 is 2.74 bits per heavy atom. The maximum absolute atomic E-state index is 12.5. The molecular weight excluding hydrogens is 338 g/mol. The molecule has 1 fully saturated rings. The van der Waals surface area contributed by atoms with Gasteiger partial charge in [-0.15, -0.1) is 0 Å². The van der Waals surface area contributed by atoms with Crippen LogP contribution in [-0.2, 0) is 24.2 Å². The number of nitrogens with zero attached hydrogens (tertiary/aromatic N) is 3. The Balaban J connectivity index is 1.57. The van der Waals surface area contributed by atoms with E-state index in [1.807, 2.05) is 24.6 Å². The number of aromatic amines is 1. The van der Waals surface area contributed by atoms with E-state index >= 15 is 0 Å². The van der Waals surface area contributed by atoms with Crippen LogP contribution in [0.25, 0.3) is 0 Å². The minimum atomic E-state index is -0.0407. The van der Waals surface area contributed by atoms with Gasteiger partial charge in [-0.2, -0.15) is 10.2 Å². The molecule has 0 atom stereocenters. The molecule has 1 amide bonds. The third-order valence-corrected chi connectivity index (χ3v) is 5.54. The molecule has 0 aliphatic heterocycles. The summed E-state index contributed by atoms with van der Waals surface area (Å²) in [5.74, 6) is 1.85. The average molecular weight is 372 g/mol. The van der Waals surface area contributed by atoms with Crippen LogP contribution in [-0.4, -0.2) is 25.9 Å². The molecule has 2 N–H and O–H groups in total. The molecule has 3 rings (SSSR count). The standard InChI is InChI=1S/C21H33N5O/c1-14(2)13-26-16(4)19(15(3)25-26)12-21(27)22-20-11-18(23-24-20)10-17-8-6-5-7-9-17/h11,14,17H,5-10,12-13H2,1-4H3,(H2,22,23,24,27). The molecule has 0 unspecified atom stereocenters. The fraction of sp³-hybridized carbons (Fsp3) is 0.667. The van der Waals surface area contributed by atoms with Crippen molar-refractivity contribution in [3.8, 4) is 0 Å². The molecule has 1 aliphatic rings. The second kappa shape index (κ2) is 8.72. The number of H-pyrrole nitrogens is 1. The molecule has 0 spiro atoms. The summed E-state index contributed by atoms with van der Waals surface area (Å²) < 4.78 is 2.01. The Labute approximate surface area is 162 Å². The lowest BCUT2D eigenvalue weighted by Crippen LogP contribution is -2.16. The van der Waals surface area contributed by atoms with Crippen LogP contribution >= 0.6 is 0 Å². The van der Waals surface area contributed by atoms with Gasteiger partial charge in [0.1, 0.15) is 0 Å². The number of anilines is 1. The molecule has 1 saturated carbocycles. The Bertz CT molecular complexity index is 768. The van der Waals surface area contributed by atoms with E-state index in [1.54, 1.807) is 0 Å². The lowest BCUT2D eigenvalue weighted by molar-refractivity contribution is -0.115. The van der Waals surface area contributed by atoms with Crippen LogP contribution in [0, 0.1) is 25.7 Å². The van der Waals surface area contributed by atoms with Crippen LogP contribution in [0.1, 0.15) is 68.6 Å². The lowest BCUT2D eigenvalue weighted by Gasteiger charge is -2.20. The first-order chi connectivity index (χ1) is 12.9. The molecular formula is C21H33N5O. The van der Waals surface area contributed by atoms with Crippen molar-refractivity contribution in [1.29, 1.82) is 0 Å². The van der Waals surface area contributed by atoms with Gasteiger partial charge >= 0.3 is 0 Å². The zero-order valence-electron chi connectivity index (χ0n) is 17.1. The van der Waals surface area contributed by atoms with E-state index < -0.39 is 0 Å². The number of aryl methyl sites for hydroxylation is 1. The van der Waals surface area contributed by atoms with Crippen LogP contribution in [0.4, 0.5) is 5.82 Å². The van der Waals surface area contributed by atoms with Crippen molar-refractivity contribution in [3.05, 3.63) is 28.7 Å². The highest BCUT2D eigenvalue weighted by Crippen LogP contribution is 2.26. The van der Waals surface area contributed by atoms with Crippen molar-refractivity contribution in [1.82, 2.24) is 20.0 Å². The van der Waals surface area contributed by atoms with Crippen molar-refractivity contribution in [2.45, 2.75) is 79.2 Å². The average Bonchev–Trinajstić information content (AvgIpc) is 3.15. The Morgan fingerprint density at radius 2 is 2.04 bits per heavy atom. The molecule has 27 heavy (non-hydrogen) atoms. The van der Waals surface area contributed by atoms with Gasteiger partial charge in [0.15, 0.2) is 5.82 Å². The quantitative estimate of drug-likeness (QED) is 0.766. The fourth-order valence-electron chi connectivity index (χ4n) is 4.09. The van der Waals surface area contributed by atoms with E-state index in [1.165, 1.54) is 32.1 Å². The molecule has 6 nitrogen and oxygen atoms in total. The second-order valence-corrected chi connectivity index (χ2v) is 8.44. The first-order valence-electron chi connectivity index (χ1n) is 10.3. The van der Waals surface area contributed by atoms with Crippen LogP contribution < -0.4 is 5.32 Å². The second-order valence-electron chi connectivity index (χ2n) is 8.44. The van der Waals surface area contributed by atoms with E-state index in [0.717, 1.165) is 41.5 Å². The molecule has 6 heteroatoms. The molecule has 148 valence electrons. The SMILES string of the molecule is Cc1nn(CC(C)C)c(C)c1CC(=O)Nc1cc(CC2CCCCC2)[nH]n1. The lowest BCUT2D eigenvalue weighted by atomic mass is 9.86. The first kappa shape index (κ1) is 19.6. The van der Waals surface area contributed by atoms with Crippen LogP contribution in [0.5, 0.6) is 0 Å². The van der Waals surface area contributed by atoms with E-state index in [-0.39, 0.29) is 5.91 Å². The summed E-state index contributed by atoms with van der Waals surface area (Å²) in [6, 6.07) is 1.98. The van der Waals surface area contributed by atoms with Crippen molar-refractivity contribution in [2.24, 2.45) is 11.8 Å². The number of nitrogens with one attached hydrogen (secondary N) is 2. The van der Waals surface area contributed by atoms with E-state index in [0.29, 0.717) is 18.2 Å². The number of rotatable bonds is 7. The van der Waals surface area contributed by atoms with Gasteiger partial charge in [0.25, 0.3) is 0 Å². The zero-order chi connectivity index (χ0) is 19.4. The summed E-state index contributed by atoms with van der Waals surface area (Å²) in [7, 11) is 0. The van der Waals surface area contributed by atoms with Gasteiger partial charge in [-0.3, -0.25) is 14.6 Å². The molecule has 2 aromatic rings. The van der Waals surface area contributed by atoms with Gasteiger partial charge in [-0.05, 0) is 32.1 Å². The normalized spacial score (nSPS) is 15.4. The summed E-state index contributed by atoms with van der Waals surface area (Å²) in [6.45, 7) is 9.24.